The molecular formula is C55H65HfNO2Si2. The van der Waals surface area contributed by atoms with E-state index in [1.165, 1.54) is 98.6 Å². The summed E-state index contributed by atoms with van der Waals surface area (Å²) in [4.78, 5) is 5.50. The van der Waals surface area contributed by atoms with Crippen LogP contribution in [0.2, 0.25) is 39.3 Å². The second-order valence-corrected chi connectivity index (χ2v) is 33.4. The molecule has 8 saturated carbocycles. The van der Waals surface area contributed by atoms with Crippen LogP contribution in [0.25, 0.3) is 44.8 Å². The predicted octanol–water partition coefficient (Wildman–Crippen LogP) is 13.2. The Labute approximate surface area is 386 Å². The average Bonchev–Trinajstić information content (AvgIpc) is 3.19. The Balaban J connectivity index is 0.00000445. The van der Waals surface area contributed by atoms with Crippen molar-refractivity contribution in [2.45, 2.75) is 127 Å². The standard InChI is InChI=1S/C55H65NO2Si2.Hf/c1-59(2,3)40-24-46(52(57)48(26-40)54-28-34-18-35(29-54)20-36(19-34)30-54)42-12-7-9-14-44(42)50-16-11-17-51(56-50)45-15-10-8-13-43(45)47-25-41(60(4,5)6)27-49(53(47)58)55-31-37-21-38(32-55)23-39(22-37)33-55;/h7-17,24-27,34-39,57-58H,18-23,28-33H2,1-6H3;. The van der Waals surface area contributed by atoms with Crippen molar-refractivity contribution in [1.82, 2.24) is 4.98 Å². The summed E-state index contributed by atoms with van der Waals surface area (Å²) >= 11 is 0. The first-order valence-electron chi connectivity index (χ1n) is 23.6. The average molecular weight is 1010 g/mol. The molecule has 0 aliphatic heterocycles. The third-order valence-corrected chi connectivity index (χ3v) is 20.9. The van der Waals surface area contributed by atoms with Crippen molar-refractivity contribution in [3.63, 3.8) is 0 Å². The first-order chi connectivity index (χ1) is 28.6. The fourth-order valence-electron chi connectivity index (χ4n) is 14.9. The van der Waals surface area contributed by atoms with Gasteiger partial charge in [0.25, 0.3) is 0 Å². The number of hydrogen-bond donors (Lipinski definition) is 2. The summed E-state index contributed by atoms with van der Waals surface area (Å²) in [6.45, 7) is 14.7. The molecule has 1 heterocycles. The van der Waals surface area contributed by atoms with Gasteiger partial charge in [-0.15, -0.1) is 0 Å². The van der Waals surface area contributed by atoms with E-state index in [0.717, 1.165) is 80.3 Å². The van der Waals surface area contributed by atoms with Crippen LogP contribution in [0.5, 0.6) is 11.5 Å². The number of aromatic hydroxyl groups is 2. The van der Waals surface area contributed by atoms with Gasteiger partial charge < -0.3 is 10.2 Å². The molecule has 3 nitrogen and oxygen atoms in total. The minimum absolute atomic E-state index is 0. The Morgan fingerprint density at radius 2 is 0.738 bits per heavy atom. The van der Waals surface area contributed by atoms with E-state index in [0.29, 0.717) is 11.5 Å². The van der Waals surface area contributed by atoms with E-state index in [2.05, 4.69) is 130 Å². The number of nitrogens with zero attached hydrogens (tertiary/aromatic N) is 1. The quantitative estimate of drug-likeness (QED) is 0.152. The van der Waals surface area contributed by atoms with Gasteiger partial charge in [0, 0.05) is 59.2 Å². The van der Waals surface area contributed by atoms with Crippen molar-refractivity contribution in [2.75, 3.05) is 0 Å². The van der Waals surface area contributed by atoms with Gasteiger partial charge in [-0.3, -0.25) is 0 Å². The van der Waals surface area contributed by atoms with Crippen molar-refractivity contribution >= 4 is 26.5 Å². The summed E-state index contributed by atoms with van der Waals surface area (Å²) in [5.41, 5.74) is 10.6. The number of pyridine rings is 1. The molecule has 0 spiro atoms. The van der Waals surface area contributed by atoms with E-state index < -0.39 is 16.1 Å². The number of phenols is 2. The van der Waals surface area contributed by atoms with Gasteiger partial charge in [-0.2, -0.15) is 0 Å². The Bertz CT molecular complexity index is 2290. The fraction of sp³-hybridized carbons (Fsp3) is 0.473. The van der Waals surface area contributed by atoms with Crippen LogP contribution in [0.15, 0.2) is 91.0 Å². The molecule has 1 aromatic heterocycles. The molecule has 8 bridgehead atoms. The molecule has 0 unspecified atom stereocenters. The molecule has 8 aliphatic carbocycles. The van der Waals surface area contributed by atoms with Crippen molar-refractivity contribution in [3.8, 4) is 56.3 Å². The van der Waals surface area contributed by atoms with Gasteiger partial charge in [0.05, 0.1) is 27.5 Å². The maximum atomic E-state index is 12.6. The minimum Gasteiger partial charge on any atom is -0.507 e. The van der Waals surface area contributed by atoms with Gasteiger partial charge in [-0.05, 0) is 147 Å². The van der Waals surface area contributed by atoms with Gasteiger partial charge in [0.2, 0.25) is 0 Å². The second-order valence-electron chi connectivity index (χ2n) is 23.2. The van der Waals surface area contributed by atoms with Crippen LogP contribution in [-0.2, 0) is 36.7 Å². The molecule has 0 saturated heterocycles. The van der Waals surface area contributed by atoms with Gasteiger partial charge in [-0.25, -0.2) is 4.98 Å². The van der Waals surface area contributed by atoms with E-state index in [4.69, 9.17) is 4.98 Å². The number of aromatic nitrogens is 1. The monoisotopic (exact) mass is 1010 g/mol. The summed E-state index contributed by atoms with van der Waals surface area (Å²) in [7, 11) is -3.49. The minimum atomic E-state index is -1.74. The summed E-state index contributed by atoms with van der Waals surface area (Å²) in [6, 6.07) is 33.3. The zero-order valence-electron chi connectivity index (χ0n) is 37.5. The van der Waals surface area contributed by atoms with Crippen LogP contribution in [0.4, 0.5) is 0 Å². The molecular weight excluding hydrogens is 941 g/mol. The number of phenolic OH excluding ortho intramolecular Hbond substituents is 2. The van der Waals surface area contributed by atoms with E-state index >= 15 is 0 Å². The Hall–Kier alpha value is -3.07. The van der Waals surface area contributed by atoms with Gasteiger partial charge in [0.1, 0.15) is 11.5 Å². The number of rotatable bonds is 8. The molecule has 0 atom stereocenters. The van der Waals surface area contributed by atoms with Crippen molar-refractivity contribution in [3.05, 3.63) is 102 Å². The topological polar surface area (TPSA) is 53.4 Å². The molecule has 2 N–H and O–H groups in total. The summed E-state index contributed by atoms with van der Waals surface area (Å²) in [5.74, 6) is 5.84. The Morgan fingerprint density at radius 3 is 1.05 bits per heavy atom. The predicted molar refractivity (Wildman–Crippen MR) is 255 cm³/mol. The zero-order chi connectivity index (χ0) is 41.3. The number of benzene rings is 4. The molecule has 6 heteroatoms. The smallest absolute Gasteiger partial charge is 0.127 e. The second kappa shape index (κ2) is 15.0. The van der Waals surface area contributed by atoms with Crippen LogP contribution in [-0.4, -0.2) is 31.3 Å². The third-order valence-electron chi connectivity index (χ3n) is 16.9. The maximum absolute atomic E-state index is 12.6. The van der Waals surface area contributed by atoms with E-state index in [9.17, 15) is 10.2 Å². The fourth-order valence-corrected chi connectivity index (χ4v) is 17.2. The van der Waals surface area contributed by atoms with Crippen molar-refractivity contribution in [2.24, 2.45) is 35.5 Å². The normalized spacial score (nSPS) is 29.8. The van der Waals surface area contributed by atoms with Crippen LogP contribution >= 0.6 is 0 Å². The van der Waals surface area contributed by atoms with Gasteiger partial charge in [-0.1, -0.05) is 129 Å². The molecule has 13 rings (SSSR count). The van der Waals surface area contributed by atoms with Crippen molar-refractivity contribution in [1.29, 1.82) is 0 Å². The first-order valence-corrected chi connectivity index (χ1v) is 30.6. The Kier molecular flexibility index (Phi) is 10.3. The first kappa shape index (κ1) is 41.9. The zero-order valence-corrected chi connectivity index (χ0v) is 43.0. The van der Waals surface area contributed by atoms with Crippen molar-refractivity contribution < 1.29 is 36.1 Å². The van der Waals surface area contributed by atoms with Crippen LogP contribution in [0.3, 0.4) is 0 Å². The maximum Gasteiger partial charge on any atom is 0.127 e. The van der Waals surface area contributed by atoms with Gasteiger partial charge >= 0.3 is 0 Å². The van der Waals surface area contributed by atoms with Crippen LogP contribution in [0, 0.1) is 35.5 Å². The summed E-state index contributed by atoms with van der Waals surface area (Å²) < 4.78 is 0. The van der Waals surface area contributed by atoms with E-state index in [-0.39, 0.29) is 36.7 Å². The third kappa shape index (κ3) is 7.16. The molecule has 61 heavy (non-hydrogen) atoms. The van der Waals surface area contributed by atoms with Gasteiger partial charge in [0.15, 0.2) is 0 Å². The molecule has 314 valence electrons. The molecule has 8 aliphatic rings. The number of hydrogen-bond acceptors (Lipinski definition) is 3. The largest absolute Gasteiger partial charge is 0.507 e. The van der Waals surface area contributed by atoms with Crippen LogP contribution < -0.4 is 10.4 Å². The molecule has 0 amide bonds. The Morgan fingerprint density at radius 1 is 0.426 bits per heavy atom. The van der Waals surface area contributed by atoms with E-state index in [1.54, 1.807) is 0 Å². The molecule has 0 radical (unpaired) electrons. The molecule has 5 aromatic rings. The molecule has 4 aromatic carbocycles. The summed E-state index contributed by atoms with van der Waals surface area (Å²) in [5, 5.41) is 28.1. The van der Waals surface area contributed by atoms with Crippen LogP contribution in [0.1, 0.15) is 88.2 Å². The SMILES string of the molecule is C[Si](C)(C)c1cc(-c2ccccc2-c2cccc(-c3ccccc3-c3cc([Si](C)(C)C)cc(C45CC6CC(CC(C6)C4)C5)c3O)n2)c(O)c(C23CC4CC(CC(C4)C2)C3)c1.[Hf]. The molecule has 8 fully saturated rings. The summed E-state index contributed by atoms with van der Waals surface area (Å²) in [6.07, 6.45) is 15.7. The van der Waals surface area contributed by atoms with E-state index in [1.807, 2.05) is 0 Å².